The van der Waals surface area contributed by atoms with Crippen molar-refractivity contribution in [3.05, 3.63) is 51.8 Å². The summed E-state index contributed by atoms with van der Waals surface area (Å²) < 4.78 is 1.77. The standard InChI is InChI=1S/C17H20ClN3O2/c1-11(22)8-9-19-17(23)16-12(2)20-21(13(16)3)10-14-6-4-5-7-15(14)18/h4-7H,8-10H2,1-3H3,(H,19,23). The lowest BCUT2D eigenvalue weighted by molar-refractivity contribution is -0.116. The van der Waals surface area contributed by atoms with Crippen molar-refractivity contribution < 1.29 is 9.59 Å². The summed E-state index contributed by atoms with van der Waals surface area (Å²) in [5.41, 5.74) is 2.95. The Kier molecular flexibility index (Phi) is 5.55. The first kappa shape index (κ1) is 17.2. The van der Waals surface area contributed by atoms with Crippen molar-refractivity contribution in [1.29, 1.82) is 0 Å². The molecule has 0 aliphatic rings. The van der Waals surface area contributed by atoms with Crippen molar-refractivity contribution in [2.75, 3.05) is 6.54 Å². The van der Waals surface area contributed by atoms with E-state index in [0.29, 0.717) is 35.8 Å². The lowest BCUT2D eigenvalue weighted by Crippen LogP contribution is -2.26. The number of halogens is 1. The summed E-state index contributed by atoms with van der Waals surface area (Å²) >= 11 is 6.18. The molecule has 0 spiro atoms. The van der Waals surface area contributed by atoms with Gasteiger partial charge in [0.25, 0.3) is 5.91 Å². The number of carbonyl (C=O) groups is 2. The number of aryl methyl sites for hydroxylation is 1. The van der Waals surface area contributed by atoms with E-state index in [0.717, 1.165) is 11.3 Å². The monoisotopic (exact) mass is 333 g/mol. The van der Waals surface area contributed by atoms with Crippen molar-refractivity contribution in [3.8, 4) is 0 Å². The van der Waals surface area contributed by atoms with Crippen LogP contribution in [0.1, 0.15) is 40.7 Å². The number of carbonyl (C=O) groups excluding carboxylic acids is 2. The van der Waals surface area contributed by atoms with Crippen LogP contribution in [0.25, 0.3) is 0 Å². The molecule has 23 heavy (non-hydrogen) atoms. The average molecular weight is 334 g/mol. The molecule has 0 aliphatic carbocycles. The summed E-state index contributed by atoms with van der Waals surface area (Å²) in [6.07, 6.45) is 0.331. The van der Waals surface area contributed by atoms with Crippen LogP contribution >= 0.6 is 11.6 Å². The number of Topliss-reactive ketones (excluding diaryl/α,β-unsaturated/α-hetero) is 1. The van der Waals surface area contributed by atoms with Gasteiger partial charge < -0.3 is 5.32 Å². The third kappa shape index (κ3) is 4.20. The van der Waals surface area contributed by atoms with Crippen LogP contribution in [0.3, 0.4) is 0 Å². The zero-order chi connectivity index (χ0) is 17.0. The smallest absolute Gasteiger partial charge is 0.255 e. The van der Waals surface area contributed by atoms with Gasteiger partial charge in [0.2, 0.25) is 0 Å². The first-order valence-corrected chi connectivity index (χ1v) is 7.83. The van der Waals surface area contributed by atoms with Crippen LogP contribution in [0.4, 0.5) is 0 Å². The Labute approximate surface area is 140 Å². The van der Waals surface area contributed by atoms with Gasteiger partial charge in [-0.3, -0.25) is 14.3 Å². The quantitative estimate of drug-likeness (QED) is 0.884. The average Bonchev–Trinajstić information content (AvgIpc) is 2.75. The molecule has 1 heterocycles. The van der Waals surface area contributed by atoms with E-state index in [1.165, 1.54) is 6.92 Å². The number of ketones is 1. The normalized spacial score (nSPS) is 10.6. The van der Waals surface area contributed by atoms with Crippen LogP contribution in [0, 0.1) is 13.8 Å². The molecule has 6 heteroatoms. The summed E-state index contributed by atoms with van der Waals surface area (Å²) in [5.74, 6) is -0.153. The van der Waals surface area contributed by atoms with E-state index >= 15 is 0 Å². The second-order valence-corrected chi connectivity index (χ2v) is 5.91. The second kappa shape index (κ2) is 7.42. The molecule has 0 unspecified atom stereocenters. The van der Waals surface area contributed by atoms with Gasteiger partial charge in [-0.2, -0.15) is 5.10 Å². The van der Waals surface area contributed by atoms with E-state index in [4.69, 9.17) is 11.6 Å². The number of rotatable bonds is 6. The van der Waals surface area contributed by atoms with Crippen molar-refractivity contribution in [2.24, 2.45) is 0 Å². The van der Waals surface area contributed by atoms with Crippen LogP contribution in [-0.2, 0) is 11.3 Å². The van der Waals surface area contributed by atoms with Crippen molar-refractivity contribution in [3.63, 3.8) is 0 Å². The van der Waals surface area contributed by atoms with Crippen LogP contribution in [0.2, 0.25) is 5.02 Å². The minimum Gasteiger partial charge on any atom is -0.351 e. The Morgan fingerprint density at radius 3 is 2.61 bits per heavy atom. The highest BCUT2D eigenvalue weighted by molar-refractivity contribution is 6.31. The highest BCUT2D eigenvalue weighted by Crippen LogP contribution is 2.19. The Hall–Kier alpha value is -2.14. The molecule has 0 bridgehead atoms. The summed E-state index contributed by atoms with van der Waals surface area (Å²) in [7, 11) is 0. The van der Waals surface area contributed by atoms with Crippen LogP contribution in [-0.4, -0.2) is 28.0 Å². The van der Waals surface area contributed by atoms with Gasteiger partial charge in [0.05, 0.1) is 17.8 Å². The molecule has 5 nitrogen and oxygen atoms in total. The number of amides is 1. The molecule has 1 aromatic carbocycles. The topological polar surface area (TPSA) is 64.0 Å². The predicted molar refractivity (Wildman–Crippen MR) is 89.9 cm³/mol. The molecular weight excluding hydrogens is 314 g/mol. The van der Waals surface area contributed by atoms with E-state index in [9.17, 15) is 9.59 Å². The Balaban J connectivity index is 2.17. The van der Waals surface area contributed by atoms with Gasteiger partial charge in [-0.1, -0.05) is 29.8 Å². The maximum absolute atomic E-state index is 12.3. The molecule has 0 saturated carbocycles. The SMILES string of the molecule is CC(=O)CCNC(=O)c1c(C)nn(Cc2ccccc2Cl)c1C. The predicted octanol–water partition coefficient (Wildman–Crippen LogP) is 2.91. The maximum Gasteiger partial charge on any atom is 0.255 e. The minimum atomic E-state index is -0.202. The molecule has 2 aromatic rings. The van der Waals surface area contributed by atoms with Gasteiger partial charge in [-0.15, -0.1) is 0 Å². The fraction of sp³-hybridized carbons (Fsp3) is 0.353. The van der Waals surface area contributed by atoms with Gasteiger partial charge in [-0.25, -0.2) is 0 Å². The van der Waals surface area contributed by atoms with E-state index < -0.39 is 0 Å². The van der Waals surface area contributed by atoms with Crippen LogP contribution < -0.4 is 5.32 Å². The zero-order valence-corrected chi connectivity index (χ0v) is 14.3. The van der Waals surface area contributed by atoms with E-state index in [-0.39, 0.29) is 11.7 Å². The lowest BCUT2D eigenvalue weighted by atomic mass is 10.1. The summed E-state index contributed by atoms with van der Waals surface area (Å²) in [4.78, 5) is 23.3. The lowest BCUT2D eigenvalue weighted by Gasteiger charge is -2.07. The van der Waals surface area contributed by atoms with Gasteiger partial charge in [0.1, 0.15) is 5.78 Å². The molecule has 1 N–H and O–H groups in total. The number of nitrogens with zero attached hydrogens (tertiary/aromatic N) is 2. The molecule has 0 fully saturated rings. The molecule has 2 rings (SSSR count). The molecule has 0 atom stereocenters. The van der Waals surface area contributed by atoms with Crippen LogP contribution in [0.15, 0.2) is 24.3 Å². The van der Waals surface area contributed by atoms with Gasteiger partial charge in [0.15, 0.2) is 0 Å². The van der Waals surface area contributed by atoms with E-state index in [1.54, 1.807) is 11.6 Å². The largest absolute Gasteiger partial charge is 0.351 e. The Bertz CT molecular complexity index is 737. The van der Waals surface area contributed by atoms with E-state index in [1.807, 2.05) is 31.2 Å². The number of hydrogen-bond acceptors (Lipinski definition) is 3. The number of aromatic nitrogens is 2. The van der Waals surface area contributed by atoms with Gasteiger partial charge in [0, 0.05) is 23.7 Å². The number of benzene rings is 1. The first-order valence-electron chi connectivity index (χ1n) is 7.45. The van der Waals surface area contributed by atoms with Crippen LogP contribution in [0.5, 0.6) is 0 Å². The molecule has 0 radical (unpaired) electrons. The summed E-state index contributed by atoms with van der Waals surface area (Å²) in [6, 6.07) is 7.56. The highest BCUT2D eigenvalue weighted by Gasteiger charge is 2.18. The summed E-state index contributed by atoms with van der Waals surface area (Å²) in [5, 5.41) is 7.88. The molecule has 1 amide bonds. The molecule has 0 aliphatic heterocycles. The van der Waals surface area contributed by atoms with Crippen molar-refractivity contribution in [1.82, 2.24) is 15.1 Å². The molecule has 122 valence electrons. The van der Waals surface area contributed by atoms with Gasteiger partial charge >= 0.3 is 0 Å². The minimum absolute atomic E-state index is 0.0492. The third-order valence-electron chi connectivity index (χ3n) is 3.65. The number of nitrogens with one attached hydrogen (secondary N) is 1. The van der Waals surface area contributed by atoms with Gasteiger partial charge in [-0.05, 0) is 32.4 Å². The summed E-state index contributed by atoms with van der Waals surface area (Å²) in [6.45, 7) is 6.01. The fourth-order valence-corrected chi connectivity index (χ4v) is 2.60. The van der Waals surface area contributed by atoms with Crippen molar-refractivity contribution >= 4 is 23.3 Å². The second-order valence-electron chi connectivity index (χ2n) is 5.50. The van der Waals surface area contributed by atoms with Crippen molar-refractivity contribution in [2.45, 2.75) is 33.7 Å². The number of hydrogen-bond donors (Lipinski definition) is 1. The Morgan fingerprint density at radius 1 is 1.26 bits per heavy atom. The molecule has 0 saturated heterocycles. The molecular formula is C17H20ClN3O2. The molecule has 1 aromatic heterocycles. The fourth-order valence-electron chi connectivity index (χ4n) is 2.41. The maximum atomic E-state index is 12.3. The third-order valence-corrected chi connectivity index (χ3v) is 4.02. The highest BCUT2D eigenvalue weighted by atomic mass is 35.5. The Morgan fingerprint density at radius 2 is 1.96 bits per heavy atom. The van der Waals surface area contributed by atoms with E-state index in [2.05, 4.69) is 10.4 Å². The first-order chi connectivity index (χ1) is 10.9. The zero-order valence-electron chi connectivity index (χ0n) is 13.5.